The Kier molecular flexibility index (Phi) is 6.38. The zero-order valence-electron chi connectivity index (χ0n) is 15.9. The van der Waals surface area contributed by atoms with Crippen molar-refractivity contribution in [3.05, 3.63) is 65.7 Å². The highest BCUT2D eigenvalue weighted by Gasteiger charge is 2.21. The minimum atomic E-state index is -3.26. The number of amides is 2. The summed E-state index contributed by atoms with van der Waals surface area (Å²) in [6.07, 6.45) is 1.15. The van der Waals surface area contributed by atoms with Crippen molar-refractivity contribution in [1.29, 1.82) is 0 Å². The second kappa shape index (κ2) is 8.35. The lowest BCUT2D eigenvalue weighted by molar-refractivity contribution is -0.132. The quantitative estimate of drug-likeness (QED) is 0.761. The molecule has 2 aromatic rings. The first-order valence-corrected chi connectivity index (χ1v) is 10.4. The van der Waals surface area contributed by atoms with Gasteiger partial charge in [0.05, 0.1) is 17.5 Å². The number of sulfone groups is 1. The summed E-state index contributed by atoms with van der Waals surface area (Å²) in [5.74, 6) is -0.427. The van der Waals surface area contributed by atoms with Gasteiger partial charge < -0.3 is 9.80 Å². The molecule has 0 radical (unpaired) electrons. The molecule has 0 spiro atoms. The molecule has 0 aliphatic carbocycles. The minimum absolute atomic E-state index is 0.0456. The molecule has 0 aromatic heterocycles. The number of carbonyl (C=O) groups excluding carboxylic acids is 2. The molecule has 2 amide bonds. The molecule has 7 heteroatoms. The van der Waals surface area contributed by atoms with Gasteiger partial charge in [0.15, 0.2) is 9.84 Å². The van der Waals surface area contributed by atoms with Gasteiger partial charge in [0, 0.05) is 25.9 Å². The zero-order valence-corrected chi connectivity index (χ0v) is 16.7. The smallest absolute Gasteiger partial charge is 0.254 e. The highest BCUT2D eigenvalue weighted by molar-refractivity contribution is 7.90. The van der Waals surface area contributed by atoms with Gasteiger partial charge in [-0.3, -0.25) is 9.59 Å². The molecule has 0 saturated carbocycles. The van der Waals surface area contributed by atoms with Crippen molar-refractivity contribution >= 4 is 21.7 Å². The predicted octanol–water partition coefficient (Wildman–Crippen LogP) is 2.38. The fraction of sp³-hybridized carbons (Fsp3) is 0.300. The third-order valence-electron chi connectivity index (χ3n) is 4.50. The largest absolute Gasteiger partial charge is 0.337 e. The van der Waals surface area contributed by atoms with E-state index >= 15 is 0 Å². The van der Waals surface area contributed by atoms with E-state index in [0.29, 0.717) is 5.56 Å². The van der Waals surface area contributed by atoms with E-state index in [-0.39, 0.29) is 29.3 Å². The zero-order chi connectivity index (χ0) is 20.2. The van der Waals surface area contributed by atoms with E-state index in [9.17, 15) is 18.0 Å². The number of carbonyl (C=O) groups is 2. The van der Waals surface area contributed by atoms with Gasteiger partial charge >= 0.3 is 0 Å². The Morgan fingerprint density at radius 3 is 2.04 bits per heavy atom. The molecular formula is C20H24N2O4S. The topological polar surface area (TPSA) is 74.8 Å². The van der Waals surface area contributed by atoms with E-state index in [1.165, 1.54) is 17.0 Å². The lowest BCUT2D eigenvalue weighted by atomic mass is 10.1. The molecule has 27 heavy (non-hydrogen) atoms. The highest BCUT2D eigenvalue weighted by Crippen LogP contribution is 2.21. The number of nitrogens with zero attached hydrogens (tertiary/aromatic N) is 2. The monoisotopic (exact) mass is 388 g/mol. The Hall–Kier alpha value is -2.67. The normalized spacial score (nSPS) is 12.3. The van der Waals surface area contributed by atoms with E-state index in [0.717, 1.165) is 11.8 Å². The summed E-state index contributed by atoms with van der Waals surface area (Å²) >= 11 is 0. The first-order valence-electron chi connectivity index (χ1n) is 8.47. The average Bonchev–Trinajstić information content (AvgIpc) is 2.66. The summed E-state index contributed by atoms with van der Waals surface area (Å²) in [6, 6.07) is 15.0. The van der Waals surface area contributed by atoms with Crippen LogP contribution in [0.25, 0.3) is 0 Å². The SMILES string of the molecule is CC(c1ccc(S(C)(=O)=O)cc1)N(C)C(=O)CN(C)C(=O)c1ccccc1. The van der Waals surface area contributed by atoms with Crippen LogP contribution in [0, 0.1) is 0 Å². The summed E-state index contributed by atoms with van der Waals surface area (Å²) in [4.78, 5) is 28.1. The Bertz CT molecular complexity index is 909. The second-order valence-electron chi connectivity index (χ2n) is 6.55. The van der Waals surface area contributed by atoms with Gasteiger partial charge in [-0.15, -0.1) is 0 Å². The molecule has 2 aromatic carbocycles. The lowest BCUT2D eigenvalue weighted by Crippen LogP contribution is -2.40. The maximum absolute atomic E-state index is 12.6. The molecule has 144 valence electrons. The van der Waals surface area contributed by atoms with Crippen molar-refractivity contribution in [2.75, 3.05) is 26.9 Å². The molecule has 0 saturated heterocycles. The van der Waals surface area contributed by atoms with E-state index < -0.39 is 9.84 Å². The fourth-order valence-electron chi connectivity index (χ4n) is 2.62. The molecule has 0 aliphatic heterocycles. The predicted molar refractivity (Wildman–Crippen MR) is 104 cm³/mol. The average molecular weight is 388 g/mol. The van der Waals surface area contributed by atoms with E-state index in [1.54, 1.807) is 55.4 Å². The van der Waals surface area contributed by atoms with Gasteiger partial charge in [-0.1, -0.05) is 30.3 Å². The first-order chi connectivity index (χ1) is 12.6. The van der Waals surface area contributed by atoms with E-state index in [4.69, 9.17) is 0 Å². The van der Waals surface area contributed by atoms with Crippen LogP contribution >= 0.6 is 0 Å². The van der Waals surface area contributed by atoms with Crippen molar-refractivity contribution < 1.29 is 18.0 Å². The Morgan fingerprint density at radius 1 is 0.963 bits per heavy atom. The molecule has 0 bridgehead atoms. The summed E-state index contributed by atoms with van der Waals surface area (Å²) < 4.78 is 23.1. The second-order valence-corrected chi connectivity index (χ2v) is 8.56. The van der Waals surface area contributed by atoms with Crippen molar-refractivity contribution in [2.24, 2.45) is 0 Å². The van der Waals surface area contributed by atoms with E-state index in [2.05, 4.69) is 0 Å². The Labute approximate surface area is 160 Å². The molecule has 1 unspecified atom stereocenters. The van der Waals surface area contributed by atoms with E-state index in [1.807, 2.05) is 13.0 Å². The number of hydrogen-bond acceptors (Lipinski definition) is 4. The lowest BCUT2D eigenvalue weighted by Gasteiger charge is -2.27. The van der Waals surface area contributed by atoms with Crippen LogP contribution in [0.1, 0.15) is 28.9 Å². The molecule has 0 fully saturated rings. The summed E-state index contributed by atoms with van der Waals surface area (Å²) in [6.45, 7) is 1.81. The molecule has 0 heterocycles. The number of hydrogen-bond donors (Lipinski definition) is 0. The standard InChI is InChI=1S/C20H24N2O4S/c1-15(16-10-12-18(13-11-16)27(4,25)26)22(3)19(23)14-21(2)20(24)17-8-6-5-7-9-17/h5-13,15H,14H2,1-4H3. The van der Waals surface area contributed by atoms with Crippen LogP contribution in [0.3, 0.4) is 0 Å². The molecule has 6 nitrogen and oxygen atoms in total. The number of rotatable bonds is 6. The van der Waals surface area contributed by atoms with Gasteiger partial charge in [-0.05, 0) is 36.8 Å². The van der Waals surface area contributed by atoms with Crippen molar-refractivity contribution in [3.63, 3.8) is 0 Å². The third kappa shape index (κ3) is 5.17. The van der Waals surface area contributed by atoms with Gasteiger partial charge in [0.1, 0.15) is 0 Å². The molecule has 0 N–H and O–H groups in total. The summed E-state index contributed by atoms with van der Waals surface area (Å²) in [5.41, 5.74) is 1.34. The summed E-state index contributed by atoms with van der Waals surface area (Å²) in [5, 5.41) is 0. The molecule has 0 aliphatic rings. The van der Waals surface area contributed by atoms with Crippen LogP contribution in [-0.2, 0) is 14.6 Å². The molecular weight excluding hydrogens is 364 g/mol. The molecule has 1 atom stereocenters. The third-order valence-corrected chi connectivity index (χ3v) is 5.63. The molecule has 2 rings (SSSR count). The van der Waals surface area contributed by atoms with Gasteiger partial charge in [-0.2, -0.15) is 0 Å². The maximum atomic E-state index is 12.6. The van der Waals surface area contributed by atoms with Gasteiger partial charge in [0.2, 0.25) is 5.91 Å². The highest BCUT2D eigenvalue weighted by atomic mass is 32.2. The van der Waals surface area contributed by atoms with Crippen molar-refractivity contribution in [3.8, 4) is 0 Å². The fourth-order valence-corrected chi connectivity index (χ4v) is 3.25. The van der Waals surface area contributed by atoms with Crippen LogP contribution in [0.5, 0.6) is 0 Å². The summed E-state index contributed by atoms with van der Waals surface area (Å²) in [7, 11) is -0.00345. The van der Waals surface area contributed by atoms with Gasteiger partial charge in [-0.25, -0.2) is 8.42 Å². The number of likely N-dealkylation sites (N-methyl/N-ethyl adjacent to an activating group) is 2. The number of benzene rings is 2. The van der Waals surface area contributed by atoms with Crippen molar-refractivity contribution in [1.82, 2.24) is 9.80 Å². The van der Waals surface area contributed by atoms with Crippen LogP contribution in [0.15, 0.2) is 59.5 Å². The first kappa shape index (κ1) is 20.6. The van der Waals surface area contributed by atoms with Gasteiger partial charge in [0.25, 0.3) is 5.91 Å². The van der Waals surface area contributed by atoms with Crippen LogP contribution in [0.2, 0.25) is 0 Å². The Balaban J connectivity index is 2.04. The van der Waals surface area contributed by atoms with Crippen LogP contribution < -0.4 is 0 Å². The Morgan fingerprint density at radius 2 is 1.52 bits per heavy atom. The van der Waals surface area contributed by atoms with Crippen LogP contribution in [-0.4, -0.2) is 56.9 Å². The van der Waals surface area contributed by atoms with Crippen molar-refractivity contribution in [2.45, 2.75) is 17.9 Å². The van der Waals surface area contributed by atoms with Crippen LogP contribution in [0.4, 0.5) is 0 Å². The maximum Gasteiger partial charge on any atom is 0.254 e. The minimum Gasteiger partial charge on any atom is -0.337 e.